The van der Waals surface area contributed by atoms with Crippen LogP contribution in [0.2, 0.25) is 0 Å². The second-order valence-electron chi connectivity index (χ2n) is 6.17. The standard InChI is InChI=1S/C22H21FN2O2/c1-27-21-6-2-4-17(14-21)7-12-22(26)25(16-18-5-3-13-24-15-18)20-10-8-19(23)9-11-20/h2-6,8-11,13-15H,7,12,16H2,1H3. The van der Waals surface area contributed by atoms with Gasteiger partial charge in [0, 0.05) is 24.5 Å². The zero-order valence-corrected chi connectivity index (χ0v) is 15.1. The lowest BCUT2D eigenvalue weighted by molar-refractivity contribution is -0.118. The van der Waals surface area contributed by atoms with E-state index in [-0.39, 0.29) is 11.7 Å². The predicted molar refractivity (Wildman–Crippen MR) is 103 cm³/mol. The molecule has 138 valence electrons. The Balaban J connectivity index is 1.76. The van der Waals surface area contributed by atoms with Crippen LogP contribution in [0.25, 0.3) is 0 Å². The topological polar surface area (TPSA) is 42.4 Å². The Kier molecular flexibility index (Phi) is 6.15. The number of anilines is 1. The number of halogens is 1. The molecule has 2 aromatic carbocycles. The maximum absolute atomic E-state index is 13.3. The van der Waals surface area contributed by atoms with Crippen LogP contribution in [0.15, 0.2) is 73.1 Å². The van der Waals surface area contributed by atoms with Gasteiger partial charge in [-0.3, -0.25) is 9.78 Å². The smallest absolute Gasteiger partial charge is 0.227 e. The highest BCUT2D eigenvalue weighted by atomic mass is 19.1. The molecular formula is C22H21FN2O2. The van der Waals surface area contributed by atoms with Gasteiger partial charge in [0.1, 0.15) is 11.6 Å². The van der Waals surface area contributed by atoms with E-state index in [2.05, 4.69) is 4.98 Å². The van der Waals surface area contributed by atoms with Crippen LogP contribution < -0.4 is 9.64 Å². The summed E-state index contributed by atoms with van der Waals surface area (Å²) in [5, 5.41) is 0. The molecule has 0 fully saturated rings. The monoisotopic (exact) mass is 364 g/mol. The summed E-state index contributed by atoms with van der Waals surface area (Å²) in [6.45, 7) is 0.385. The fraction of sp³-hybridized carbons (Fsp3) is 0.182. The third-order valence-electron chi connectivity index (χ3n) is 4.26. The summed E-state index contributed by atoms with van der Waals surface area (Å²) in [6.07, 6.45) is 4.35. The summed E-state index contributed by atoms with van der Waals surface area (Å²) in [5.41, 5.74) is 2.61. The van der Waals surface area contributed by atoms with E-state index < -0.39 is 0 Å². The maximum Gasteiger partial charge on any atom is 0.227 e. The normalized spacial score (nSPS) is 10.4. The van der Waals surface area contributed by atoms with E-state index in [1.165, 1.54) is 12.1 Å². The SMILES string of the molecule is COc1cccc(CCC(=O)N(Cc2cccnc2)c2ccc(F)cc2)c1. The summed E-state index contributed by atoms with van der Waals surface area (Å²) in [4.78, 5) is 18.7. The first kappa shape index (κ1) is 18.6. The lowest BCUT2D eigenvalue weighted by Gasteiger charge is -2.23. The molecule has 0 aliphatic carbocycles. The van der Waals surface area contributed by atoms with Crippen LogP contribution in [0.3, 0.4) is 0 Å². The van der Waals surface area contributed by atoms with Crippen LogP contribution in [0.4, 0.5) is 10.1 Å². The largest absolute Gasteiger partial charge is 0.497 e. The molecule has 0 bridgehead atoms. The first-order valence-electron chi connectivity index (χ1n) is 8.73. The number of carbonyl (C=O) groups is 1. The van der Waals surface area contributed by atoms with Crippen LogP contribution in [0, 0.1) is 5.82 Å². The molecule has 1 amide bonds. The van der Waals surface area contributed by atoms with E-state index in [0.717, 1.165) is 16.9 Å². The number of amides is 1. The number of nitrogens with zero attached hydrogens (tertiary/aromatic N) is 2. The number of aromatic nitrogens is 1. The first-order chi connectivity index (χ1) is 13.2. The van der Waals surface area contributed by atoms with Gasteiger partial charge < -0.3 is 9.64 Å². The maximum atomic E-state index is 13.3. The number of hydrogen-bond acceptors (Lipinski definition) is 3. The highest BCUT2D eigenvalue weighted by molar-refractivity contribution is 5.93. The Bertz CT molecular complexity index is 882. The summed E-state index contributed by atoms with van der Waals surface area (Å²) in [7, 11) is 1.62. The van der Waals surface area contributed by atoms with Crippen molar-refractivity contribution < 1.29 is 13.9 Å². The highest BCUT2D eigenvalue weighted by Crippen LogP contribution is 2.20. The number of benzene rings is 2. The molecule has 27 heavy (non-hydrogen) atoms. The van der Waals surface area contributed by atoms with Crippen molar-refractivity contribution in [2.75, 3.05) is 12.0 Å². The van der Waals surface area contributed by atoms with Gasteiger partial charge in [0.15, 0.2) is 0 Å². The molecule has 3 rings (SSSR count). The van der Waals surface area contributed by atoms with Gasteiger partial charge in [0.2, 0.25) is 5.91 Å². The molecule has 0 atom stereocenters. The Labute approximate surface area is 158 Å². The number of methoxy groups -OCH3 is 1. The second-order valence-corrected chi connectivity index (χ2v) is 6.17. The summed E-state index contributed by atoms with van der Waals surface area (Å²) in [6, 6.07) is 17.4. The van der Waals surface area contributed by atoms with Crippen molar-refractivity contribution in [1.29, 1.82) is 0 Å². The molecule has 1 heterocycles. The number of hydrogen-bond donors (Lipinski definition) is 0. The van der Waals surface area contributed by atoms with Gasteiger partial charge >= 0.3 is 0 Å². The van der Waals surface area contributed by atoms with Crippen LogP contribution in [-0.4, -0.2) is 18.0 Å². The molecule has 4 nitrogen and oxygen atoms in total. The minimum Gasteiger partial charge on any atom is -0.497 e. The van der Waals surface area contributed by atoms with Crippen molar-refractivity contribution in [3.8, 4) is 5.75 Å². The van der Waals surface area contributed by atoms with Gasteiger partial charge in [0.25, 0.3) is 0 Å². The molecule has 3 aromatic rings. The number of rotatable bonds is 7. The third-order valence-corrected chi connectivity index (χ3v) is 4.26. The first-order valence-corrected chi connectivity index (χ1v) is 8.73. The summed E-state index contributed by atoms with van der Waals surface area (Å²) >= 11 is 0. The zero-order chi connectivity index (χ0) is 19.1. The highest BCUT2D eigenvalue weighted by Gasteiger charge is 2.16. The number of carbonyl (C=O) groups excluding carboxylic acids is 1. The quantitative estimate of drug-likeness (QED) is 0.624. The van der Waals surface area contributed by atoms with Crippen LogP contribution in [0.5, 0.6) is 5.75 Å². The molecule has 5 heteroatoms. The van der Waals surface area contributed by atoms with E-state index in [1.807, 2.05) is 36.4 Å². The zero-order valence-electron chi connectivity index (χ0n) is 15.1. The minimum absolute atomic E-state index is 0.0340. The molecule has 0 unspecified atom stereocenters. The summed E-state index contributed by atoms with van der Waals surface area (Å²) in [5.74, 6) is 0.405. The number of aryl methyl sites for hydroxylation is 1. The van der Waals surface area contributed by atoms with Crippen molar-refractivity contribution in [3.05, 3.63) is 90.0 Å². The minimum atomic E-state index is -0.330. The van der Waals surface area contributed by atoms with Crippen molar-refractivity contribution in [1.82, 2.24) is 4.98 Å². The van der Waals surface area contributed by atoms with Gasteiger partial charge in [-0.1, -0.05) is 18.2 Å². The lowest BCUT2D eigenvalue weighted by atomic mass is 10.1. The van der Waals surface area contributed by atoms with Crippen molar-refractivity contribution >= 4 is 11.6 Å². The average Bonchev–Trinajstić information content (AvgIpc) is 2.72. The van der Waals surface area contributed by atoms with Crippen molar-refractivity contribution in [2.45, 2.75) is 19.4 Å². The molecule has 0 spiro atoms. The Hall–Kier alpha value is -3.21. The molecule has 0 N–H and O–H groups in total. The molecule has 0 aliphatic heterocycles. The average molecular weight is 364 g/mol. The van der Waals surface area contributed by atoms with Gasteiger partial charge in [-0.25, -0.2) is 4.39 Å². The van der Waals surface area contributed by atoms with Crippen molar-refractivity contribution in [2.24, 2.45) is 0 Å². The van der Waals surface area contributed by atoms with Gasteiger partial charge in [-0.15, -0.1) is 0 Å². The molecule has 0 aliphatic rings. The summed E-state index contributed by atoms with van der Waals surface area (Å²) < 4.78 is 18.5. The molecule has 0 radical (unpaired) electrons. The van der Waals surface area contributed by atoms with Crippen LogP contribution >= 0.6 is 0 Å². The van der Waals surface area contributed by atoms with E-state index in [0.29, 0.717) is 25.1 Å². The number of ether oxygens (including phenoxy) is 1. The molecule has 0 saturated heterocycles. The Morgan fingerprint density at radius 2 is 1.85 bits per heavy atom. The fourth-order valence-electron chi connectivity index (χ4n) is 2.83. The lowest BCUT2D eigenvalue weighted by Crippen LogP contribution is -2.30. The van der Waals surface area contributed by atoms with Gasteiger partial charge in [-0.2, -0.15) is 0 Å². The second kappa shape index (κ2) is 8.94. The van der Waals surface area contributed by atoms with Crippen molar-refractivity contribution in [3.63, 3.8) is 0 Å². The van der Waals surface area contributed by atoms with E-state index >= 15 is 0 Å². The van der Waals surface area contributed by atoms with E-state index in [9.17, 15) is 9.18 Å². The van der Waals surface area contributed by atoms with E-state index in [1.54, 1.807) is 36.5 Å². The van der Waals surface area contributed by atoms with E-state index in [4.69, 9.17) is 4.74 Å². The van der Waals surface area contributed by atoms with Gasteiger partial charge in [0.05, 0.1) is 13.7 Å². The molecule has 0 saturated carbocycles. The molecule has 1 aromatic heterocycles. The Morgan fingerprint density at radius 3 is 2.56 bits per heavy atom. The van der Waals surface area contributed by atoms with Crippen LogP contribution in [-0.2, 0) is 17.8 Å². The number of pyridine rings is 1. The Morgan fingerprint density at radius 1 is 1.07 bits per heavy atom. The molecular weight excluding hydrogens is 343 g/mol. The predicted octanol–water partition coefficient (Wildman–Crippen LogP) is 4.40. The van der Waals surface area contributed by atoms with Gasteiger partial charge in [-0.05, 0) is 60.0 Å². The fourth-order valence-corrected chi connectivity index (χ4v) is 2.83. The third kappa shape index (κ3) is 5.14. The van der Waals surface area contributed by atoms with Crippen LogP contribution in [0.1, 0.15) is 17.5 Å².